The molecule has 0 aliphatic carbocycles. The van der Waals surface area contributed by atoms with E-state index in [-0.39, 0.29) is 0 Å². The van der Waals surface area contributed by atoms with Crippen LogP contribution in [0.5, 0.6) is 0 Å². The third kappa shape index (κ3) is 2.98. The predicted molar refractivity (Wildman–Crippen MR) is 72.5 cm³/mol. The van der Waals surface area contributed by atoms with Crippen molar-refractivity contribution >= 4 is 17.3 Å². The number of aromatic nitrogens is 1. The van der Waals surface area contributed by atoms with Gasteiger partial charge in [0.1, 0.15) is 5.15 Å². The van der Waals surface area contributed by atoms with Crippen LogP contribution in [-0.2, 0) is 6.54 Å². The highest BCUT2D eigenvalue weighted by molar-refractivity contribution is 6.30. The average Bonchev–Trinajstić information content (AvgIpc) is 2.34. The smallest absolute Gasteiger partial charge is 0.132 e. The molecular weight excluding hydrogens is 232 g/mol. The van der Waals surface area contributed by atoms with E-state index in [1.165, 1.54) is 5.56 Å². The maximum Gasteiger partial charge on any atom is 0.132 e. The van der Waals surface area contributed by atoms with Gasteiger partial charge in [-0.15, -0.1) is 0 Å². The third-order valence-corrected chi connectivity index (χ3v) is 3.10. The van der Waals surface area contributed by atoms with Gasteiger partial charge in [0.25, 0.3) is 0 Å². The summed E-state index contributed by atoms with van der Waals surface area (Å²) in [7, 11) is 2.05. The summed E-state index contributed by atoms with van der Waals surface area (Å²) >= 11 is 5.92. The zero-order chi connectivity index (χ0) is 12.3. The van der Waals surface area contributed by atoms with Crippen LogP contribution in [0.2, 0.25) is 5.15 Å². The zero-order valence-electron chi connectivity index (χ0n) is 10.0. The number of rotatable bonds is 3. The number of pyridine rings is 1. The molecule has 0 saturated carbocycles. The number of anilines is 1. The number of hydrogen-bond donors (Lipinski definition) is 0. The Hall–Kier alpha value is -1.54. The molecule has 1 heterocycles. The Labute approximate surface area is 107 Å². The van der Waals surface area contributed by atoms with Crippen LogP contribution < -0.4 is 4.90 Å². The van der Waals surface area contributed by atoms with Crippen molar-refractivity contribution in [3.8, 4) is 0 Å². The van der Waals surface area contributed by atoms with E-state index >= 15 is 0 Å². The van der Waals surface area contributed by atoms with Gasteiger partial charge in [0.05, 0.1) is 11.9 Å². The Morgan fingerprint density at radius 1 is 1.24 bits per heavy atom. The molecule has 0 radical (unpaired) electrons. The topological polar surface area (TPSA) is 16.1 Å². The normalized spacial score (nSPS) is 10.3. The molecule has 0 fully saturated rings. The van der Waals surface area contributed by atoms with E-state index in [1.54, 1.807) is 6.20 Å². The van der Waals surface area contributed by atoms with Crippen molar-refractivity contribution in [2.24, 2.45) is 0 Å². The Morgan fingerprint density at radius 3 is 2.59 bits per heavy atom. The first kappa shape index (κ1) is 11.9. The van der Waals surface area contributed by atoms with Gasteiger partial charge in [0.15, 0.2) is 0 Å². The molecule has 2 nitrogen and oxygen atoms in total. The maximum atomic E-state index is 5.92. The molecule has 1 aromatic carbocycles. The molecule has 0 bridgehead atoms. The molecule has 0 spiro atoms. The summed E-state index contributed by atoms with van der Waals surface area (Å²) < 4.78 is 0. The minimum atomic E-state index is 0.571. The summed E-state index contributed by atoms with van der Waals surface area (Å²) in [5.74, 6) is 0. The van der Waals surface area contributed by atoms with E-state index in [0.717, 1.165) is 17.8 Å². The molecule has 0 aliphatic heterocycles. The average molecular weight is 247 g/mol. The minimum Gasteiger partial charge on any atom is -0.369 e. The molecule has 3 heteroatoms. The van der Waals surface area contributed by atoms with Gasteiger partial charge >= 0.3 is 0 Å². The Balaban J connectivity index is 2.14. The zero-order valence-corrected chi connectivity index (χ0v) is 10.8. The van der Waals surface area contributed by atoms with Crippen molar-refractivity contribution in [3.05, 3.63) is 58.9 Å². The van der Waals surface area contributed by atoms with E-state index in [1.807, 2.05) is 13.0 Å². The SMILES string of the molecule is Cc1cc(N(C)Cc2ccccc2)cnc1Cl. The lowest BCUT2D eigenvalue weighted by molar-refractivity contribution is 0.916. The standard InChI is InChI=1S/C14H15ClN2/c1-11-8-13(9-16-14(11)15)17(2)10-12-6-4-3-5-7-12/h3-9H,10H2,1-2H3. The second-order valence-corrected chi connectivity index (χ2v) is 4.50. The van der Waals surface area contributed by atoms with Crippen LogP contribution in [0, 0.1) is 6.92 Å². The molecular formula is C14H15ClN2. The monoisotopic (exact) mass is 246 g/mol. The maximum absolute atomic E-state index is 5.92. The Morgan fingerprint density at radius 2 is 1.94 bits per heavy atom. The lowest BCUT2D eigenvalue weighted by atomic mass is 10.2. The van der Waals surface area contributed by atoms with Crippen molar-refractivity contribution in [1.29, 1.82) is 0 Å². The van der Waals surface area contributed by atoms with Gasteiger partial charge in [-0.2, -0.15) is 0 Å². The fourth-order valence-electron chi connectivity index (χ4n) is 1.70. The number of aryl methyl sites for hydroxylation is 1. The van der Waals surface area contributed by atoms with Gasteiger partial charge in [-0.3, -0.25) is 0 Å². The quantitative estimate of drug-likeness (QED) is 0.768. The van der Waals surface area contributed by atoms with Crippen molar-refractivity contribution in [3.63, 3.8) is 0 Å². The van der Waals surface area contributed by atoms with Crippen LogP contribution in [0.4, 0.5) is 5.69 Å². The molecule has 1 aromatic heterocycles. The predicted octanol–water partition coefficient (Wildman–Crippen LogP) is 3.68. The van der Waals surface area contributed by atoms with Crippen LogP contribution in [0.25, 0.3) is 0 Å². The van der Waals surface area contributed by atoms with Gasteiger partial charge in [-0.05, 0) is 24.1 Å². The van der Waals surface area contributed by atoms with Gasteiger partial charge in [-0.25, -0.2) is 4.98 Å². The molecule has 0 amide bonds. The molecule has 0 aliphatic rings. The fraction of sp³-hybridized carbons (Fsp3) is 0.214. The summed E-state index contributed by atoms with van der Waals surface area (Å²) in [5, 5.41) is 0.571. The van der Waals surface area contributed by atoms with Gasteiger partial charge < -0.3 is 4.90 Å². The van der Waals surface area contributed by atoms with Crippen molar-refractivity contribution in [2.45, 2.75) is 13.5 Å². The Kier molecular flexibility index (Phi) is 3.64. The van der Waals surface area contributed by atoms with Crippen LogP contribution in [0.1, 0.15) is 11.1 Å². The van der Waals surface area contributed by atoms with Crippen LogP contribution in [0.15, 0.2) is 42.6 Å². The summed E-state index contributed by atoms with van der Waals surface area (Å²) in [6.45, 7) is 2.83. The van der Waals surface area contributed by atoms with Crippen molar-refractivity contribution < 1.29 is 0 Å². The summed E-state index contributed by atoms with van der Waals surface area (Å²) in [5.41, 5.74) is 3.36. The minimum absolute atomic E-state index is 0.571. The molecule has 88 valence electrons. The largest absolute Gasteiger partial charge is 0.369 e. The highest BCUT2D eigenvalue weighted by Crippen LogP contribution is 2.20. The first-order chi connectivity index (χ1) is 8.16. The molecule has 0 unspecified atom stereocenters. The van der Waals surface area contributed by atoms with Crippen LogP contribution >= 0.6 is 11.6 Å². The van der Waals surface area contributed by atoms with Crippen LogP contribution in [-0.4, -0.2) is 12.0 Å². The van der Waals surface area contributed by atoms with E-state index in [2.05, 4.69) is 47.3 Å². The summed E-state index contributed by atoms with van der Waals surface area (Å²) in [4.78, 5) is 6.32. The highest BCUT2D eigenvalue weighted by Gasteiger charge is 2.04. The lowest BCUT2D eigenvalue weighted by Crippen LogP contribution is -2.16. The molecule has 0 atom stereocenters. The van der Waals surface area contributed by atoms with Crippen LogP contribution in [0.3, 0.4) is 0 Å². The number of benzene rings is 1. The highest BCUT2D eigenvalue weighted by atomic mass is 35.5. The van der Waals surface area contributed by atoms with Gasteiger partial charge in [-0.1, -0.05) is 41.9 Å². The van der Waals surface area contributed by atoms with E-state index < -0.39 is 0 Å². The molecule has 2 aromatic rings. The molecule has 17 heavy (non-hydrogen) atoms. The third-order valence-electron chi connectivity index (χ3n) is 2.70. The second kappa shape index (κ2) is 5.19. The molecule has 2 rings (SSSR count). The van der Waals surface area contributed by atoms with Crippen molar-refractivity contribution in [1.82, 2.24) is 4.98 Å². The first-order valence-electron chi connectivity index (χ1n) is 5.54. The van der Waals surface area contributed by atoms with E-state index in [4.69, 9.17) is 11.6 Å². The molecule has 0 saturated heterocycles. The summed E-state index contributed by atoms with van der Waals surface area (Å²) in [6, 6.07) is 12.4. The summed E-state index contributed by atoms with van der Waals surface area (Å²) in [6.07, 6.45) is 1.80. The van der Waals surface area contributed by atoms with E-state index in [0.29, 0.717) is 5.15 Å². The second-order valence-electron chi connectivity index (χ2n) is 4.14. The fourth-order valence-corrected chi connectivity index (χ4v) is 1.80. The van der Waals surface area contributed by atoms with E-state index in [9.17, 15) is 0 Å². The number of halogens is 1. The number of nitrogens with zero attached hydrogens (tertiary/aromatic N) is 2. The van der Waals surface area contributed by atoms with Crippen molar-refractivity contribution in [2.75, 3.05) is 11.9 Å². The van der Waals surface area contributed by atoms with Gasteiger partial charge in [0.2, 0.25) is 0 Å². The van der Waals surface area contributed by atoms with Gasteiger partial charge in [0, 0.05) is 13.6 Å². The number of hydrogen-bond acceptors (Lipinski definition) is 2. The lowest BCUT2D eigenvalue weighted by Gasteiger charge is -2.19. The molecule has 0 N–H and O–H groups in total. The first-order valence-corrected chi connectivity index (χ1v) is 5.92. The Bertz CT molecular complexity index is 497.